The van der Waals surface area contributed by atoms with Crippen LogP contribution in [0.5, 0.6) is 0 Å². The highest BCUT2D eigenvalue weighted by atomic mass is 32.2. The van der Waals surface area contributed by atoms with Gasteiger partial charge in [-0.3, -0.25) is 0 Å². The van der Waals surface area contributed by atoms with Gasteiger partial charge < -0.3 is 10.2 Å². The molecule has 0 saturated carbocycles. The summed E-state index contributed by atoms with van der Waals surface area (Å²) in [5.74, 6) is 0. The van der Waals surface area contributed by atoms with Crippen molar-refractivity contribution >= 4 is 20.8 Å². The SMILES string of the molecule is O=S(=O)(c1ccc2ccccc2c1)N(CCO)CCO. The van der Waals surface area contributed by atoms with Crippen molar-refractivity contribution in [3.8, 4) is 0 Å². The highest BCUT2D eigenvalue weighted by Gasteiger charge is 2.23. The lowest BCUT2D eigenvalue weighted by atomic mass is 10.1. The predicted octanol–water partition coefficient (Wildman–Crippen LogP) is 0.815. The molecule has 0 bridgehead atoms. The van der Waals surface area contributed by atoms with E-state index in [0.717, 1.165) is 15.1 Å². The zero-order valence-electron chi connectivity index (χ0n) is 10.9. The van der Waals surface area contributed by atoms with E-state index in [1.807, 2.05) is 24.3 Å². The van der Waals surface area contributed by atoms with Crippen LogP contribution in [-0.4, -0.2) is 49.2 Å². The highest BCUT2D eigenvalue weighted by molar-refractivity contribution is 7.89. The zero-order chi connectivity index (χ0) is 14.6. The molecule has 0 atom stereocenters. The molecule has 2 N–H and O–H groups in total. The van der Waals surface area contributed by atoms with E-state index in [9.17, 15) is 8.42 Å². The van der Waals surface area contributed by atoms with Crippen LogP contribution in [0.25, 0.3) is 10.8 Å². The third-order valence-corrected chi connectivity index (χ3v) is 4.95. The van der Waals surface area contributed by atoms with Crippen LogP contribution >= 0.6 is 0 Å². The first-order valence-electron chi connectivity index (χ1n) is 6.30. The van der Waals surface area contributed by atoms with Crippen LogP contribution in [0.15, 0.2) is 47.4 Å². The zero-order valence-corrected chi connectivity index (χ0v) is 11.8. The molecule has 0 aliphatic carbocycles. The molecule has 2 aromatic carbocycles. The van der Waals surface area contributed by atoms with Crippen molar-refractivity contribution in [1.29, 1.82) is 0 Å². The quantitative estimate of drug-likeness (QED) is 0.827. The minimum atomic E-state index is -3.70. The molecule has 0 unspecified atom stereocenters. The number of fused-ring (bicyclic) bond motifs is 1. The second-order valence-electron chi connectivity index (χ2n) is 4.36. The summed E-state index contributed by atoms with van der Waals surface area (Å²) in [5.41, 5.74) is 0. The molecule has 0 spiro atoms. The Kier molecular flexibility index (Phi) is 4.72. The van der Waals surface area contributed by atoms with Gasteiger partial charge in [0.15, 0.2) is 0 Å². The topological polar surface area (TPSA) is 77.8 Å². The van der Waals surface area contributed by atoms with E-state index in [2.05, 4.69) is 0 Å². The molecule has 6 heteroatoms. The molecule has 108 valence electrons. The van der Waals surface area contributed by atoms with Crippen molar-refractivity contribution in [1.82, 2.24) is 4.31 Å². The molecule has 20 heavy (non-hydrogen) atoms. The maximum atomic E-state index is 12.5. The molecule has 0 radical (unpaired) electrons. The second kappa shape index (κ2) is 6.32. The summed E-state index contributed by atoms with van der Waals surface area (Å²) in [6.45, 7) is -0.634. The number of rotatable bonds is 6. The van der Waals surface area contributed by atoms with E-state index in [0.29, 0.717) is 0 Å². The van der Waals surface area contributed by atoms with Crippen LogP contribution in [0.2, 0.25) is 0 Å². The van der Waals surface area contributed by atoms with E-state index in [1.165, 1.54) is 0 Å². The summed E-state index contributed by atoms with van der Waals surface area (Å²) in [5, 5.41) is 19.7. The van der Waals surface area contributed by atoms with Crippen LogP contribution in [0.4, 0.5) is 0 Å². The lowest BCUT2D eigenvalue weighted by molar-refractivity contribution is 0.217. The summed E-state index contributed by atoms with van der Waals surface area (Å²) in [6, 6.07) is 12.4. The van der Waals surface area contributed by atoms with E-state index in [4.69, 9.17) is 10.2 Å². The van der Waals surface area contributed by atoms with Crippen LogP contribution in [0.1, 0.15) is 0 Å². The number of hydrogen-bond donors (Lipinski definition) is 2. The molecule has 5 nitrogen and oxygen atoms in total. The number of sulfonamides is 1. The van der Waals surface area contributed by atoms with Gasteiger partial charge in [-0.05, 0) is 22.9 Å². The molecule has 0 heterocycles. The van der Waals surface area contributed by atoms with Gasteiger partial charge in [-0.1, -0.05) is 30.3 Å². The molecule has 0 amide bonds. The Morgan fingerprint density at radius 1 is 0.900 bits per heavy atom. The first-order chi connectivity index (χ1) is 9.59. The standard InChI is InChI=1S/C14H17NO4S/c16-9-7-15(8-10-17)20(18,19)14-6-5-12-3-1-2-4-13(12)11-14/h1-6,11,16-17H,7-10H2. The van der Waals surface area contributed by atoms with Gasteiger partial charge in [-0.15, -0.1) is 0 Å². The fourth-order valence-electron chi connectivity index (χ4n) is 2.05. The third kappa shape index (κ3) is 2.99. The lowest BCUT2D eigenvalue weighted by Crippen LogP contribution is -2.35. The van der Waals surface area contributed by atoms with Gasteiger partial charge in [-0.2, -0.15) is 4.31 Å². The van der Waals surface area contributed by atoms with Crippen molar-refractivity contribution in [2.45, 2.75) is 4.90 Å². The van der Waals surface area contributed by atoms with Gasteiger partial charge in [-0.25, -0.2) is 8.42 Å². The maximum Gasteiger partial charge on any atom is 0.243 e. The Hall–Kier alpha value is -1.47. The summed E-state index contributed by atoms with van der Waals surface area (Å²) < 4.78 is 26.0. The molecular formula is C14H17NO4S. The van der Waals surface area contributed by atoms with Crippen LogP contribution in [0, 0.1) is 0 Å². The van der Waals surface area contributed by atoms with Crippen LogP contribution in [-0.2, 0) is 10.0 Å². The summed E-state index contributed by atoms with van der Waals surface area (Å²) in [4.78, 5) is 0.165. The largest absolute Gasteiger partial charge is 0.395 e. The molecule has 0 aromatic heterocycles. The number of nitrogens with zero attached hydrogens (tertiary/aromatic N) is 1. The van der Waals surface area contributed by atoms with Gasteiger partial charge in [0.2, 0.25) is 10.0 Å². The van der Waals surface area contributed by atoms with Gasteiger partial charge in [0.1, 0.15) is 0 Å². The summed E-state index contributed by atoms with van der Waals surface area (Å²) >= 11 is 0. The Bertz CT molecular complexity index is 678. The third-order valence-electron chi connectivity index (χ3n) is 3.06. The van der Waals surface area contributed by atoms with Crippen molar-refractivity contribution in [3.63, 3.8) is 0 Å². The Morgan fingerprint density at radius 3 is 2.10 bits per heavy atom. The summed E-state index contributed by atoms with van der Waals surface area (Å²) in [6.07, 6.45) is 0. The molecule has 2 aromatic rings. The van der Waals surface area contributed by atoms with E-state index in [1.54, 1.807) is 18.2 Å². The number of hydrogen-bond acceptors (Lipinski definition) is 4. The Labute approximate surface area is 118 Å². The fraction of sp³-hybridized carbons (Fsp3) is 0.286. The van der Waals surface area contributed by atoms with Gasteiger partial charge in [0.05, 0.1) is 18.1 Å². The average molecular weight is 295 g/mol. The number of aliphatic hydroxyl groups is 2. The van der Waals surface area contributed by atoms with Crippen molar-refractivity contribution in [2.75, 3.05) is 26.3 Å². The van der Waals surface area contributed by atoms with Gasteiger partial charge in [0, 0.05) is 13.1 Å². The van der Waals surface area contributed by atoms with Crippen molar-refractivity contribution in [2.24, 2.45) is 0 Å². The van der Waals surface area contributed by atoms with E-state index >= 15 is 0 Å². The maximum absolute atomic E-state index is 12.5. The lowest BCUT2D eigenvalue weighted by Gasteiger charge is -2.20. The van der Waals surface area contributed by atoms with Crippen LogP contribution in [0.3, 0.4) is 0 Å². The molecule has 0 saturated heterocycles. The monoisotopic (exact) mass is 295 g/mol. The average Bonchev–Trinajstić information content (AvgIpc) is 2.46. The van der Waals surface area contributed by atoms with E-state index in [-0.39, 0.29) is 31.2 Å². The van der Waals surface area contributed by atoms with Crippen molar-refractivity contribution < 1.29 is 18.6 Å². The minimum Gasteiger partial charge on any atom is -0.395 e. The first-order valence-corrected chi connectivity index (χ1v) is 7.74. The van der Waals surface area contributed by atoms with Gasteiger partial charge in [0.25, 0.3) is 0 Å². The molecule has 0 aliphatic heterocycles. The second-order valence-corrected chi connectivity index (χ2v) is 6.30. The number of aliphatic hydroxyl groups excluding tert-OH is 2. The Morgan fingerprint density at radius 2 is 1.50 bits per heavy atom. The molecule has 0 aliphatic rings. The van der Waals surface area contributed by atoms with Crippen molar-refractivity contribution in [3.05, 3.63) is 42.5 Å². The number of benzene rings is 2. The predicted molar refractivity (Wildman–Crippen MR) is 76.9 cm³/mol. The normalized spacial score (nSPS) is 12.2. The van der Waals surface area contributed by atoms with E-state index < -0.39 is 10.0 Å². The Balaban J connectivity index is 2.44. The smallest absolute Gasteiger partial charge is 0.243 e. The minimum absolute atomic E-state index is 0.0320. The molecular weight excluding hydrogens is 278 g/mol. The van der Waals surface area contributed by atoms with Gasteiger partial charge >= 0.3 is 0 Å². The first kappa shape index (κ1) is 14.9. The molecule has 2 rings (SSSR count). The highest BCUT2D eigenvalue weighted by Crippen LogP contribution is 2.21. The molecule has 0 fully saturated rings. The van der Waals surface area contributed by atoms with Crippen LogP contribution < -0.4 is 0 Å². The fourth-order valence-corrected chi connectivity index (χ4v) is 3.51. The summed E-state index contributed by atoms with van der Waals surface area (Å²) in [7, 11) is -3.70.